The normalized spacial score (nSPS) is 11.2. The molecule has 0 saturated heterocycles. The van der Waals surface area contributed by atoms with E-state index in [1.807, 2.05) is 103 Å². The Morgan fingerprint density at radius 2 is 0.946 bits per heavy atom. The van der Waals surface area contributed by atoms with Crippen LogP contribution in [0.4, 0.5) is 0 Å². The summed E-state index contributed by atoms with van der Waals surface area (Å²) in [7, 11) is 0. The van der Waals surface area contributed by atoms with Gasteiger partial charge in [0.25, 0.3) is 0 Å². The van der Waals surface area contributed by atoms with Crippen molar-refractivity contribution < 1.29 is 4.42 Å². The van der Waals surface area contributed by atoms with Gasteiger partial charge in [0.1, 0.15) is 5.52 Å². The van der Waals surface area contributed by atoms with Gasteiger partial charge in [0.05, 0.1) is 0 Å². The highest BCUT2D eigenvalue weighted by Gasteiger charge is 2.15. The SMILES string of the molecule is c1ccc(-c2nc(-c3ccccc3)nc(-c3ccc4ccc5nc(-c6ccccc6)oc5c4c3)n2)cc1. The Kier molecular flexibility index (Phi) is 5.03. The van der Waals surface area contributed by atoms with Crippen LogP contribution < -0.4 is 0 Å². The van der Waals surface area contributed by atoms with Gasteiger partial charge in [-0.1, -0.05) is 97.1 Å². The molecule has 0 fully saturated rings. The van der Waals surface area contributed by atoms with Crippen LogP contribution in [-0.4, -0.2) is 19.9 Å². The molecule has 0 aliphatic heterocycles. The average molecular weight is 477 g/mol. The second kappa shape index (κ2) is 8.81. The Labute approximate surface area is 213 Å². The number of hydrogen-bond acceptors (Lipinski definition) is 5. The summed E-state index contributed by atoms with van der Waals surface area (Å²) >= 11 is 0. The molecular formula is C32H20N4O. The lowest BCUT2D eigenvalue weighted by Crippen LogP contribution is -2.00. The van der Waals surface area contributed by atoms with Crippen LogP contribution in [0.5, 0.6) is 0 Å². The number of aromatic nitrogens is 4. The van der Waals surface area contributed by atoms with E-state index in [1.54, 1.807) is 0 Å². The smallest absolute Gasteiger partial charge is 0.227 e. The first-order valence-corrected chi connectivity index (χ1v) is 12.1. The van der Waals surface area contributed by atoms with E-state index in [9.17, 15) is 0 Å². The van der Waals surface area contributed by atoms with Crippen molar-refractivity contribution in [3.05, 3.63) is 121 Å². The van der Waals surface area contributed by atoms with Crippen LogP contribution in [0, 0.1) is 0 Å². The van der Waals surface area contributed by atoms with E-state index in [4.69, 9.17) is 24.4 Å². The van der Waals surface area contributed by atoms with Crippen LogP contribution in [-0.2, 0) is 0 Å². The van der Waals surface area contributed by atoms with E-state index in [2.05, 4.69) is 18.2 Å². The number of rotatable bonds is 4. The number of hydrogen-bond donors (Lipinski definition) is 0. The number of benzene rings is 5. The second-order valence-electron chi connectivity index (χ2n) is 8.77. The summed E-state index contributed by atoms with van der Waals surface area (Å²) in [5.74, 6) is 2.48. The molecule has 0 atom stereocenters. The summed E-state index contributed by atoms with van der Waals surface area (Å²) in [6.45, 7) is 0. The van der Waals surface area contributed by atoms with Gasteiger partial charge in [0, 0.05) is 27.6 Å². The molecule has 0 amide bonds. The third kappa shape index (κ3) is 3.93. The third-order valence-electron chi connectivity index (χ3n) is 6.35. The van der Waals surface area contributed by atoms with Gasteiger partial charge >= 0.3 is 0 Å². The largest absolute Gasteiger partial charge is 0.435 e. The minimum Gasteiger partial charge on any atom is -0.435 e. The fourth-order valence-electron chi connectivity index (χ4n) is 4.49. The predicted octanol–water partition coefficient (Wildman–Crippen LogP) is 7.83. The fourth-order valence-corrected chi connectivity index (χ4v) is 4.49. The monoisotopic (exact) mass is 476 g/mol. The molecule has 0 aliphatic carbocycles. The summed E-state index contributed by atoms with van der Waals surface area (Å²) in [6.07, 6.45) is 0. The third-order valence-corrected chi connectivity index (χ3v) is 6.35. The number of fused-ring (bicyclic) bond motifs is 3. The van der Waals surface area contributed by atoms with Crippen molar-refractivity contribution in [1.82, 2.24) is 19.9 Å². The van der Waals surface area contributed by atoms with Gasteiger partial charge in [0.15, 0.2) is 23.1 Å². The summed E-state index contributed by atoms with van der Waals surface area (Å²) in [6, 6.07) is 40.2. The van der Waals surface area contributed by atoms with Crippen LogP contribution in [0.15, 0.2) is 126 Å². The lowest BCUT2D eigenvalue weighted by atomic mass is 10.1. The van der Waals surface area contributed by atoms with Crippen LogP contribution in [0.25, 0.3) is 67.5 Å². The summed E-state index contributed by atoms with van der Waals surface area (Å²) in [5.41, 5.74) is 5.27. The molecule has 7 rings (SSSR count). The number of nitrogens with zero attached hydrogens (tertiary/aromatic N) is 4. The maximum atomic E-state index is 6.28. The zero-order valence-corrected chi connectivity index (χ0v) is 19.7. The first-order valence-electron chi connectivity index (χ1n) is 12.1. The van der Waals surface area contributed by atoms with Crippen LogP contribution in [0.1, 0.15) is 0 Å². The van der Waals surface area contributed by atoms with E-state index in [1.165, 1.54) is 0 Å². The Morgan fingerprint density at radius 3 is 1.54 bits per heavy atom. The molecule has 0 unspecified atom stereocenters. The Hall–Kier alpha value is -5.16. The van der Waals surface area contributed by atoms with Crippen LogP contribution in [0.2, 0.25) is 0 Å². The second-order valence-corrected chi connectivity index (χ2v) is 8.77. The van der Waals surface area contributed by atoms with Crippen molar-refractivity contribution in [2.24, 2.45) is 0 Å². The minimum absolute atomic E-state index is 0.603. The maximum absolute atomic E-state index is 6.28. The summed E-state index contributed by atoms with van der Waals surface area (Å²) in [4.78, 5) is 19.3. The molecule has 5 heteroatoms. The molecule has 0 saturated carbocycles. The molecule has 2 aromatic heterocycles. The van der Waals surface area contributed by atoms with Crippen molar-refractivity contribution >= 4 is 21.9 Å². The van der Waals surface area contributed by atoms with Gasteiger partial charge in [0.2, 0.25) is 5.89 Å². The fraction of sp³-hybridized carbons (Fsp3) is 0. The molecule has 0 bridgehead atoms. The first-order chi connectivity index (χ1) is 18.3. The molecule has 0 radical (unpaired) electrons. The molecule has 37 heavy (non-hydrogen) atoms. The van der Waals surface area contributed by atoms with Gasteiger partial charge in [-0.05, 0) is 29.7 Å². The molecular weight excluding hydrogens is 456 g/mol. The van der Waals surface area contributed by atoms with Gasteiger partial charge in [-0.15, -0.1) is 0 Å². The Morgan fingerprint density at radius 1 is 0.432 bits per heavy atom. The average Bonchev–Trinajstić information content (AvgIpc) is 3.43. The summed E-state index contributed by atoms with van der Waals surface area (Å²) in [5, 5.41) is 2.03. The Balaban J connectivity index is 1.42. The van der Waals surface area contributed by atoms with Gasteiger partial charge < -0.3 is 4.42 Å². The van der Waals surface area contributed by atoms with E-state index in [0.29, 0.717) is 23.4 Å². The van der Waals surface area contributed by atoms with Gasteiger partial charge in [-0.25, -0.2) is 19.9 Å². The highest BCUT2D eigenvalue weighted by atomic mass is 16.3. The summed E-state index contributed by atoms with van der Waals surface area (Å²) < 4.78 is 6.28. The first kappa shape index (κ1) is 21.1. The molecule has 2 heterocycles. The van der Waals surface area contributed by atoms with Crippen LogP contribution in [0.3, 0.4) is 0 Å². The topological polar surface area (TPSA) is 64.7 Å². The zero-order chi connectivity index (χ0) is 24.6. The molecule has 0 N–H and O–H groups in total. The standard InChI is InChI=1S/C32H20N4O/c1-4-10-22(11-5-1)29-34-30(23-12-6-2-7-13-23)36-31(35-29)25-17-16-21-18-19-27-28(26(21)20-25)37-32(33-27)24-14-8-3-9-15-24/h1-20H. The van der Waals surface area contributed by atoms with E-state index >= 15 is 0 Å². The molecule has 0 spiro atoms. The van der Waals surface area contributed by atoms with Gasteiger partial charge in [-0.2, -0.15) is 0 Å². The highest BCUT2D eigenvalue weighted by molar-refractivity contribution is 6.05. The van der Waals surface area contributed by atoms with Crippen molar-refractivity contribution in [2.75, 3.05) is 0 Å². The van der Waals surface area contributed by atoms with E-state index in [-0.39, 0.29) is 0 Å². The quantitative estimate of drug-likeness (QED) is 0.259. The predicted molar refractivity (Wildman–Crippen MR) is 147 cm³/mol. The molecule has 5 aromatic carbocycles. The van der Waals surface area contributed by atoms with E-state index in [0.717, 1.165) is 44.1 Å². The van der Waals surface area contributed by atoms with Crippen molar-refractivity contribution in [1.29, 1.82) is 0 Å². The van der Waals surface area contributed by atoms with E-state index < -0.39 is 0 Å². The van der Waals surface area contributed by atoms with Crippen molar-refractivity contribution in [2.45, 2.75) is 0 Å². The van der Waals surface area contributed by atoms with Crippen molar-refractivity contribution in [3.63, 3.8) is 0 Å². The molecule has 5 nitrogen and oxygen atoms in total. The van der Waals surface area contributed by atoms with Crippen molar-refractivity contribution in [3.8, 4) is 45.6 Å². The van der Waals surface area contributed by atoms with Crippen LogP contribution >= 0.6 is 0 Å². The lowest BCUT2D eigenvalue weighted by molar-refractivity contribution is 0.623. The van der Waals surface area contributed by atoms with Gasteiger partial charge in [-0.3, -0.25) is 0 Å². The maximum Gasteiger partial charge on any atom is 0.227 e. The highest BCUT2D eigenvalue weighted by Crippen LogP contribution is 2.33. The minimum atomic E-state index is 0.603. The Bertz CT molecular complexity index is 1810. The molecule has 7 aromatic rings. The molecule has 0 aliphatic rings. The molecule has 174 valence electrons. The number of oxazole rings is 1. The zero-order valence-electron chi connectivity index (χ0n) is 19.7. The lowest BCUT2D eigenvalue weighted by Gasteiger charge is -2.09.